The quantitative estimate of drug-likeness (QED) is 0.752. The number of nitrogens with one attached hydrogen (secondary N) is 1. The van der Waals surface area contributed by atoms with Gasteiger partial charge in [0.15, 0.2) is 0 Å². The highest BCUT2D eigenvalue weighted by Gasteiger charge is 2.20. The molecule has 0 aromatic heterocycles. The molecule has 0 aliphatic heterocycles. The Balaban J connectivity index is 3.10. The van der Waals surface area contributed by atoms with E-state index in [-0.39, 0.29) is 11.9 Å². The molecular formula is C15H25FN2O2. The molecule has 0 aliphatic carbocycles. The normalized spacial score (nSPS) is 12.4. The summed E-state index contributed by atoms with van der Waals surface area (Å²) in [5, 5.41) is 3.08. The van der Waals surface area contributed by atoms with Crippen LogP contribution >= 0.6 is 0 Å². The van der Waals surface area contributed by atoms with Gasteiger partial charge in [-0.05, 0) is 25.6 Å². The van der Waals surface area contributed by atoms with E-state index in [1.165, 1.54) is 6.07 Å². The standard InChI is InChI=1S/C15H25FN2O2/c1-12(11-20-4)18(8-9-19-3)15-13(10-17-2)6-5-7-14(15)16/h5-7,12,17H,8-11H2,1-4H3. The van der Waals surface area contributed by atoms with E-state index >= 15 is 0 Å². The van der Waals surface area contributed by atoms with Crippen molar-refractivity contribution in [2.75, 3.05) is 45.9 Å². The Labute approximate surface area is 120 Å². The van der Waals surface area contributed by atoms with Crippen LogP contribution in [0.25, 0.3) is 0 Å². The highest BCUT2D eigenvalue weighted by molar-refractivity contribution is 5.55. The van der Waals surface area contributed by atoms with Gasteiger partial charge in [-0.1, -0.05) is 12.1 Å². The number of hydrogen-bond acceptors (Lipinski definition) is 4. The molecule has 114 valence electrons. The zero-order valence-electron chi connectivity index (χ0n) is 12.8. The summed E-state index contributed by atoms with van der Waals surface area (Å²) in [6, 6.07) is 5.24. The Hall–Kier alpha value is -1.17. The van der Waals surface area contributed by atoms with Gasteiger partial charge in [-0.15, -0.1) is 0 Å². The van der Waals surface area contributed by atoms with Crippen LogP contribution in [-0.2, 0) is 16.0 Å². The molecule has 0 saturated heterocycles. The van der Waals surface area contributed by atoms with E-state index < -0.39 is 0 Å². The molecule has 4 nitrogen and oxygen atoms in total. The topological polar surface area (TPSA) is 33.7 Å². The summed E-state index contributed by atoms with van der Waals surface area (Å²) in [4.78, 5) is 2.01. The number of nitrogens with zero attached hydrogens (tertiary/aromatic N) is 1. The summed E-state index contributed by atoms with van der Waals surface area (Å²) in [6.45, 7) is 4.35. The van der Waals surface area contributed by atoms with Gasteiger partial charge in [0.25, 0.3) is 0 Å². The lowest BCUT2D eigenvalue weighted by Crippen LogP contribution is -2.40. The number of methoxy groups -OCH3 is 2. The molecule has 0 saturated carbocycles. The maximum Gasteiger partial charge on any atom is 0.146 e. The first kappa shape index (κ1) is 16.9. The average molecular weight is 284 g/mol. The maximum absolute atomic E-state index is 14.3. The fraction of sp³-hybridized carbons (Fsp3) is 0.600. The van der Waals surface area contributed by atoms with Crippen molar-refractivity contribution < 1.29 is 13.9 Å². The molecule has 0 spiro atoms. The lowest BCUT2D eigenvalue weighted by molar-refractivity contribution is 0.170. The molecular weight excluding hydrogens is 259 g/mol. The fourth-order valence-corrected chi connectivity index (χ4v) is 2.29. The lowest BCUT2D eigenvalue weighted by atomic mass is 10.1. The SMILES string of the molecule is CNCc1cccc(F)c1N(CCOC)C(C)COC. The third-order valence-electron chi connectivity index (χ3n) is 3.20. The summed E-state index contributed by atoms with van der Waals surface area (Å²) in [6.07, 6.45) is 0. The van der Waals surface area contributed by atoms with Crippen molar-refractivity contribution >= 4 is 5.69 Å². The summed E-state index contributed by atoms with van der Waals surface area (Å²) in [5.74, 6) is -0.211. The Morgan fingerprint density at radius 2 is 2.05 bits per heavy atom. The molecule has 1 N–H and O–H groups in total. The molecule has 5 heteroatoms. The first-order valence-corrected chi connectivity index (χ1v) is 6.82. The monoisotopic (exact) mass is 284 g/mol. The number of rotatable bonds is 9. The molecule has 1 atom stereocenters. The van der Waals surface area contributed by atoms with Crippen molar-refractivity contribution in [2.45, 2.75) is 19.5 Å². The lowest BCUT2D eigenvalue weighted by Gasteiger charge is -2.32. The van der Waals surface area contributed by atoms with E-state index in [0.717, 1.165) is 5.56 Å². The Bertz CT molecular complexity index is 401. The van der Waals surface area contributed by atoms with Gasteiger partial charge in [0.05, 0.1) is 18.9 Å². The van der Waals surface area contributed by atoms with E-state index in [9.17, 15) is 4.39 Å². The van der Waals surface area contributed by atoms with Crippen molar-refractivity contribution in [1.29, 1.82) is 0 Å². The van der Waals surface area contributed by atoms with Crippen LogP contribution in [0.1, 0.15) is 12.5 Å². The molecule has 1 aromatic rings. The molecule has 0 radical (unpaired) electrons. The third-order valence-corrected chi connectivity index (χ3v) is 3.20. The Kier molecular flexibility index (Phi) is 7.51. The number of para-hydroxylation sites is 1. The van der Waals surface area contributed by atoms with Gasteiger partial charge >= 0.3 is 0 Å². The minimum absolute atomic E-state index is 0.0719. The van der Waals surface area contributed by atoms with E-state index in [1.807, 2.05) is 24.9 Å². The summed E-state index contributed by atoms with van der Waals surface area (Å²) >= 11 is 0. The third kappa shape index (κ3) is 4.44. The van der Waals surface area contributed by atoms with Gasteiger partial charge in [-0.2, -0.15) is 0 Å². The second-order valence-electron chi connectivity index (χ2n) is 4.77. The number of benzene rings is 1. The molecule has 1 aromatic carbocycles. The van der Waals surface area contributed by atoms with Crippen molar-refractivity contribution in [3.05, 3.63) is 29.6 Å². The molecule has 1 rings (SSSR count). The van der Waals surface area contributed by atoms with Gasteiger partial charge in [-0.25, -0.2) is 4.39 Å². The molecule has 0 aliphatic rings. The summed E-state index contributed by atoms with van der Waals surface area (Å²) in [7, 11) is 5.16. The zero-order valence-corrected chi connectivity index (χ0v) is 12.8. The van der Waals surface area contributed by atoms with Crippen molar-refractivity contribution in [1.82, 2.24) is 5.32 Å². The molecule has 0 fully saturated rings. The second-order valence-corrected chi connectivity index (χ2v) is 4.77. The zero-order chi connectivity index (χ0) is 15.0. The van der Waals surface area contributed by atoms with Gasteiger partial charge in [0, 0.05) is 33.4 Å². The predicted molar refractivity (Wildman–Crippen MR) is 79.7 cm³/mol. The Morgan fingerprint density at radius 3 is 2.65 bits per heavy atom. The van der Waals surface area contributed by atoms with Gasteiger partial charge in [0.1, 0.15) is 5.82 Å². The van der Waals surface area contributed by atoms with Crippen LogP contribution in [0.3, 0.4) is 0 Å². The number of hydrogen-bond donors (Lipinski definition) is 1. The highest BCUT2D eigenvalue weighted by atomic mass is 19.1. The minimum Gasteiger partial charge on any atom is -0.383 e. The van der Waals surface area contributed by atoms with Crippen molar-refractivity contribution in [2.24, 2.45) is 0 Å². The fourth-order valence-electron chi connectivity index (χ4n) is 2.29. The van der Waals surface area contributed by atoms with E-state index in [4.69, 9.17) is 9.47 Å². The van der Waals surface area contributed by atoms with Gasteiger partial charge in [-0.3, -0.25) is 0 Å². The summed E-state index contributed by atoms with van der Waals surface area (Å²) < 4.78 is 24.6. The maximum atomic E-state index is 14.3. The first-order chi connectivity index (χ1) is 9.65. The molecule has 0 amide bonds. The van der Waals surface area contributed by atoms with Crippen LogP contribution in [0.5, 0.6) is 0 Å². The van der Waals surface area contributed by atoms with Gasteiger partial charge < -0.3 is 19.7 Å². The number of anilines is 1. The molecule has 1 unspecified atom stereocenters. The van der Waals surface area contributed by atoms with Crippen LogP contribution in [0.4, 0.5) is 10.1 Å². The smallest absolute Gasteiger partial charge is 0.146 e. The molecule has 0 bridgehead atoms. The van der Waals surface area contributed by atoms with Crippen LogP contribution in [0, 0.1) is 5.82 Å². The van der Waals surface area contributed by atoms with Crippen LogP contribution < -0.4 is 10.2 Å². The molecule has 20 heavy (non-hydrogen) atoms. The van der Waals surface area contributed by atoms with E-state index in [0.29, 0.717) is 32.0 Å². The number of ether oxygens (including phenoxy) is 2. The van der Waals surface area contributed by atoms with Crippen molar-refractivity contribution in [3.63, 3.8) is 0 Å². The average Bonchev–Trinajstić information content (AvgIpc) is 2.42. The predicted octanol–water partition coefficient (Wildman–Crippen LogP) is 2.03. The Morgan fingerprint density at radius 1 is 1.30 bits per heavy atom. The second kappa shape index (κ2) is 8.89. The highest BCUT2D eigenvalue weighted by Crippen LogP contribution is 2.26. The largest absolute Gasteiger partial charge is 0.383 e. The van der Waals surface area contributed by atoms with Crippen LogP contribution in [0.15, 0.2) is 18.2 Å². The number of halogens is 1. The minimum atomic E-state index is -0.211. The van der Waals surface area contributed by atoms with E-state index in [2.05, 4.69) is 5.32 Å². The first-order valence-electron chi connectivity index (χ1n) is 6.82. The molecule has 0 heterocycles. The van der Waals surface area contributed by atoms with E-state index in [1.54, 1.807) is 20.3 Å². The summed E-state index contributed by atoms with van der Waals surface area (Å²) in [5.41, 5.74) is 1.56. The van der Waals surface area contributed by atoms with Crippen LogP contribution in [-0.4, -0.2) is 47.1 Å². The van der Waals surface area contributed by atoms with Crippen molar-refractivity contribution in [3.8, 4) is 0 Å². The van der Waals surface area contributed by atoms with Gasteiger partial charge in [0.2, 0.25) is 0 Å². The van der Waals surface area contributed by atoms with Crippen LogP contribution in [0.2, 0.25) is 0 Å².